The summed E-state index contributed by atoms with van der Waals surface area (Å²) in [7, 11) is 0. The fraction of sp³-hybridized carbons (Fsp3) is 0.500. The van der Waals surface area contributed by atoms with Crippen LogP contribution in [0.25, 0.3) is 0 Å². The van der Waals surface area contributed by atoms with Crippen LogP contribution < -0.4 is 10.5 Å². The molecule has 1 amide bonds. The average molecular weight is 389 g/mol. The molecule has 1 saturated carbocycles. The van der Waals surface area contributed by atoms with Gasteiger partial charge in [-0.05, 0) is 37.3 Å². The van der Waals surface area contributed by atoms with Crippen molar-refractivity contribution >= 4 is 5.91 Å². The standard InChI is InChI=1S/C22H31NO5/c23-22(27)11-7-2-1-6-10-18-19(21(26)14-20(18)25)13-12-16(24)15-28-17-8-4-3-5-9-17/h1,3-6,8-9,12-13,16,18-21,24-26H,2,7,10-11,14-15H2,(H2,23,27)/b6-1+,13-12+. The second kappa shape index (κ2) is 11.6. The van der Waals surface area contributed by atoms with Gasteiger partial charge < -0.3 is 25.8 Å². The van der Waals surface area contributed by atoms with Gasteiger partial charge in [-0.15, -0.1) is 0 Å². The van der Waals surface area contributed by atoms with Gasteiger partial charge in [0.1, 0.15) is 18.5 Å². The van der Waals surface area contributed by atoms with E-state index in [9.17, 15) is 20.1 Å². The molecule has 154 valence electrons. The molecule has 0 radical (unpaired) electrons. The van der Waals surface area contributed by atoms with Gasteiger partial charge in [0.25, 0.3) is 0 Å². The van der Waals surface area contributed by atoms with Crippen LogP contribution in [0.5, 0.6) is 5.75 Å². The van der Waals surface area contributed by atoms with Crippen molar-refractivity contribution in [3.8, 4) is 5.75 Å². The smallest absolute Gasteiger partial charge is 0.217 e. The van der Waals surface area contributed by atoms with Gasteiger partial charge in [0.15, 0.2) is 0 Å². The number of carbonyl (C=O) groups excluding carboxylic acids is 1. The summed E-state index contributed by atoms with van der Waals surface area (Å²) < 4.78 is 5.52. The summed E-state index contributed by atoms with van der Waals surface area (Å²) in [5, 5.41) is 30.6. The van der Waals surface area contributed by atoms with Crippen LogP contribution >= 0.6 is 0 Å². The Morgan fingerprint density at radius 3 is 2.68 bits per heavy atom. The molecule has 0 heterocycles. The van der Waals surface area contributed by atoms with Crippen LogP contribution in [0, 0.1) is 11.8 Å². The first-order chi connectivity index (χ1) is 13.5. The van der Waals surface area contributed by atoms with E-state index in [2.05, 4.69) is 0 Å². The van der Waals surface area contributed by atoms with Crippen LogP contribution in [0.15, 0.2) is 54.6 Å². The highest BCUT2D eigenvalue weighted by Crippen LogP contribution is 2.36. The number of aliphatic hydroxyl groups is 3. The molecular formula is C22H31NO5. The summed E-state index contributed by atoms with van der Waals surface area (Å²) in [6.45, 7) is 0.121. The van der Waals surface area contributed by atoms with E-state index in [1.54, 1.807) is 12.2 Å². The largest absolute Gasteiger partial charge is 0.491 e. The Morgan fingerprint density at radius 1 is 1.21 bits per heavy atom. The molecule has 0 spiro atoms. The van der Waals surface area contributed by atoms with Gasteiger partial charge in [-0.1, -0.05) is 42.5 Å². The Kier molecular flexibility index (Phi) is 9.20. The van der Waals surface area contributed by atoms with Crippen molar-refractivity contribution in [2.24, 2.45) is 17.6 Å². The van der Waals surface area contributed by atoms with E-state index in [-0.39, 0.29) is 24.3 Å². The van der Waals surface area contributed by atoms with Gasteiger partial charge in [0, 0.05) is 18.8 Å². The second-order valence-electron chi connectivity index (χ2n) is 7.25. The predicted octanol–water partition coefficient (Wildman–Crippen LogP) is 1.94. The first-order valence-electron chi connectivity index (χ1n) is 9.81. The van der Waals surface area contributed by atoms with Crippen molar-refractivity contribution in [1.29, 1.82) is 0 Å². The average Bonchev–Trinajstić information content (AvgIpc) is 2.94. The zero-order chi connectivity index (χ0) is 20.4. The van der Waals surface area contributed by atoms with E-state index in [1.807, 2.05) is 42.5 Å². The number of ether oxygens (including phenoxy) is 1. The number of unbranched alkanes of at least 4 members (excludes halogenated alkanes) is 1. The lowest BCUT2D eigenvalue weighted by atomic mass is 9.89. The Bertz CT molecular complexity index is 646. The molecular weight excluding hydrogens is 358 g/mol. The van der Waals surface area contributed by atoms with E-state index in [4.69, 9.17) is 10.5 Å². The number of benzene rings is 1. The Balaban J connectivity index is 1.82. The van der Waals surface area contributed by atoms with Crippen molar-refractivity contribution < 1.29 is 24.9 Å². The fourth-order valence-corrected chi connectivity index (χ4v) is 3.48. The molecule has 5 N–H and O–H groups in total. The lowest BCUT2D eigenvalue weighted by molar-refractivity contribution is -0.118. The van der Waals surface area contributed by atoms with Gasteiger partial charge in [0.05, 0.1) is 12.2 Å². The number of hydrogen-bond donors (Lipinski definition) is 4. The molecule has 28 heavy (non-hydrogen) atoms. The number of allylic oxidation sites excluding steroid dienone is 2. The maximum Gasteiger partial charge on any atom is 0.217 e. The molecule has 0 saturated heterocycles. The van der Waals surface area contributed by atoms with Crippen LogP contribution in [0.2, 0.25) is 0 Å². The Morgan fingerprint density at radius 2 is 1.96 bits per heavy atom. The quantitative estimate of drug-likeness (QED) is 0.341. The SMILES string of the molecule is NC(=O)CCC/C=C/CC1C(O)CC(O)C1/C=C/C(O)COc1ccccc1. The first kappa shape index (κ1) is 22.1. The molecule has 0 aliphatic heterocycles. The summed E-state index contributed by atoms with van der Waals surface area (Å²) >= 11 is 0. The van der Waals surface area contributed by atoms with Crippen LogP contribution in [-0.2, 0) is 4.79 Å². The van der Waals surface area contributed by atoms with Gasteiger partial charge in [-0.3, -0.25) is 4.79 Å². The van der Waals surface area contributed by atoms with E-state index < -0.39 is 18.3 Å². The normalized spacial score (nSPS) is 26.1. The van der Waals surface area contributed by atoms with Crippen molar-refractivity contribution in [2.45, 2.75) is 50.4 Å². The molecule has 1 aromatic carbocycles. The summed E-state index contributed by atoms with van der Waals surface area (Å²) in [5.41, 5.74) is 5.11. The van der Waals surface area contributed by atoms with Crippen LogP contribution in [0.1, 0.15) is 32.1 Å². The van der Waals surface area contributed by atoms with E-state index in [0.29, 0.717) is 31.4 Å². The highest BCUT2D eigenvalue weighted by Gasteiger charge is 2.39. The van der Waals surface area contributed by atoms with Gasteiger partial charge in [-0.25, -0.2) is 0 Å². The van der Waals surface area contributed by atoms with Crippen LogP contribution in [0.3, 0.4) is 0 Å². The van der Waals surface area contributed by atoms with Crippen molar-refractivity contribution in [1.82, 2.24) is 0 Å². The predicted molar refractivity (Wildman–Crippen MR) is 107 cm³/mol. The van der Waals surface area contributed by atoms with Crippen LogP contribution in [-0.4, -0.2) is 46.1 Å². The maximum atomic E-state index is 10.7. The van der Waals surface area contributed by atoms with E-state index in [1.165, 1.54) is 0 Å². The van der Waals surface area contributed by atoms with Gasteiger partial charge >= 0.3 is 0 Å². The molecule has 6 nitrogen and oxygen atoms in total. The maximum absolute atomic E-state index is 10.7. The minimum Gasteiger partial charge on any atom is -0.491 e. The minimum atomic E-state index is -0.796. The minimum absolute atomic E-state index is 0.110. The summed E-state index contributed by atoms with van der Waals surface area (Å²) in [4.78, 5) is 10.7. The number of aliphatic hydroxyl groups excluding tert-OH is 3. The number of rotatable bonds is 11. The molecule has 1 aliphatic carbocycles. The van der Waals surface area contributed by atoms with Crippen LogP contribution in [0.4, 0.5) is 0 Å². The first-order valence-corrected chi connectivity index (χ1v) is 9.81. The van der Waals surface area contributed by atoms with E-state index in [0.717, 1.165) is 6.42 Å². The summed E-state index contributed by atoms with van der Waals surface area (Å²) in [6, 6.07) is 9.25. The number of primary amides is 1. The molecule has 6 heteroatoms. The molecule has 1 fully saturated rings. The Hall–Kier alpha value is -2.15. The third-order valence-electron chi connectivity index (χ3n) is 5.00. The van der Waals surface area contributed by atoms with Crippen molar-refractivity contribution in [2.75, 3.05) is 6.61 Å². The third-order valence-corrected chi connectivity index (χ3v) is 5.00. The molecule has 5 atom stereocenters. The molecule has 1 aliphatic rings. The monoisotopic (exact) mass is 389 g/mol. The number of para-hydroxylation sites is 1. The zero-order valence-corrected chi connectivity index (χ0v) is 16.1. The summed E-state index contributed by atoms with van der Waals surface area (Å²) in [5.74, 6) is 0.0471. The van der Waals surface area contributed by atoms with Gasteiger partial charge in [0.2, 0.25) is 5.91 Å². The molecule has 5 unspecified atom stereocenters. The Labute approximate surface area is 166 Å². The topological polar surface area (TPSA) is 113 Å². The summed E-state index contributed by atoms with van der Waals surface area (Å²) in [6.07, 6.45) is 8.11. The number of amides is 1. The lowest BCUT2D eigenvalue weighted by Gasteiger charge is -2.19. The fourth-order valence-electron chi connectivity index (χ4n) is 3.48. The molecule has 2 rings (SSSR count). The number of nitrogens with two attached hydrogens (primary N) is 1. The van der Waals surface area contributed by atoms with Crippen molar-refractivity contribution in [3.63, 3.8) is 0 Å². The number of carbonyl (C=O) groups is 1. The highest BCUT2D eigenvalue weighted by atomic mass is 16.5. The number of hydrogen-bond acceptors (Lipinski definition) is 5. The third kappa shape index (κ3) is 7.46. The molecule has 0 bridgehead atoms. The molecule has 1 aromatic rings. The molecule has 0 aromatic heterocycles. The van der Waals surface area contributed by atoms with Crippen molar-refractivity contribution in [3.05, 3.63) is 54.6 Å². The zero-order valence-electron chi connectivity index (χ0n) is 16.1. The van der Waals surface area contributed by atoms with E-state index >= 15 is 0 Å². The second-order valence-corrected chi connectivity index (χ2v) is 7.25. The van der Waals surface area contributed by atoms with Gasteiger partial charge in [-0.2, -0.15) is 0 Å². The lowest BCUT2D eigenvalue weighted by Crippen LogP contribution is -2.21. The highest BCUT2D eigenvalue weighted by molar-refractivity contribution is 5.73.